The van der Waals surface area contributed by atoms with Gasteiger partial charge in [0.25, 0.3) is 5.91 Å². The summed E-state index contributed by atoms with van der Waals surface area (Å²) in [6.07, 6.45) is 1.04. The van der Waals surface area contributed by atoms with Gasteiger partial charge in [0.15, 0.2) is 6.61 Å². The third kappa shape index (κ3) is 4.03. The first kappa shape index (κ1) is 19.5. The van der Waals surface area contributed by atoms with Gasteiger partial charge in [0.2, 0.25) is 5.58 Å². The summed E-state index contributed by atoms with van der Waals surface area (Å²) in [7, 11) is 0. The first-order valence-corrected chi connectivity index (χ1v) is 8.92. The number of likely N-dealkylation sites (tertiary alicyclic amines) is 1. The lowest BCUT2D eigenvalue weighted by Gasteiger charge is -2.34. The van der Waals surface area contributed by atoms with Crippen molar-refractivity contribution in [3.63, 3.8) is 0 Å². The van der Waals surface area contributed by atoms with Crippen molar-refractivity contribution in [1.29, 1.82) is 0 Å². The van der Waals surface area contributed by atoms with Crippen LogP contribution in [-0.2, 0) is 9.53 Å². The fourth-order valence-electron chi connectivity index (χ4n) is 3.58. The van der Waals surface area contributed by atoms with Crippen molar-refractivity contribution in [2.45, 2.75) is 20.3 Å². The predicted octanol–water partition coefficient (Wildman–Crippen LogP) is 2.36. The summed E-state index contributed by atoms with van der Waals surface area (Å²) in [6.45, 7) is 4.83. The Morgan fingerprint density at radius 1 is 1.29 bits per heavy atom. The molecule has 0 unspecified atom stereocenters. The van der Waals surface area contributed by atoms with Crippen LogP contribution in [0.25, 0.3) is 11.0 Å². The van der Waals surface area contributed by atoms with Gasteiger partial charge in [-0.1, -0.05) is 26.0 Å². The van der Waals surface area contributed by atoms with Crippen molar-refractivity contribution in [3.8, 4) is 0 Å². The number of nitro benzene ring substituents is 1. The largest absolute Gasteiger partial charge is 0.452 e. The molecular formula is C19H20N2O7. The van der Waals surface area contributed by atoms with Crippen LogP contribution in [0.15, 0.2) is 33.5 Å². The molecule has 1 saturated heterocycles. The predicted molar refractivity (Wildman–Crippen MR) is 98.9 cm³/mol. The molecule has 2 atom stereocenters. The second-order valence-electron chi connectivity index (χ2n) is 7.22. The number of piperidine rings is 1. The van der Waals surface area contributed by atoms with E-state index in [0.29, 0.717) is 24.9 Å². The van der Waals surface area contributed by atoms with Gasteiger partial charge in [-0.15, -0.1) is 0 Å². The summed E-state index contributed by atoms with van der Waals surface area (Å²) in [6, 6.07) is 5.26. The highest BCUT2D eigenvalue weighted by Crippen LogP contribution is 2.25. The van der Waals surface area contributed by atoms with Crippen LogP contribution in [-0.4, -0.2) is 41.4 Å². The van der Waals surface area contributed by atoms with Crippen molar-refractivity contribution in [3.05, 3.63) is 50.4 Å². The number of nitrogens with zero attached hydrogens (tertiary/aromatic N) is 2. The number of hydrogen-bond acceptors (Lipinski definition) is 7. The molecule has 28 heavy (non-hydrogen) atoms. The van der Waals surface area contributed by atoms with Crippen LogP contribution < -0.4 is 5.63 Å². The van der Waals surface area contributed by atoms with Gasteiger partial charge in [0, 0.05) is 24.5 Å². The number of para-hydroxylation sites is 1. The third-order valence-corrected chi connectivity index (χ3v) is 4.70. The highest BCUT2D eigenvalue weighted by Gasteiger charge is 2.27. The fraction of sp³-hybridized carbons (Fsp3) is 0.421. The molecule has 1 aromatic heterocycles. The second-order valence-corrected chi connectivity index (χ2v) is 7.22. The van der Waals surface area contributed by atoms with E-state index in [9.17, 15) is 24.5 Å². The Labute approximate surface area is 160 Å². The normalized spacial score (nSPS) is 19.4. The Kier molecular flexibility index (Phi) is 5.43. The van der Waals surface area contributed by atoms with E-state index in [0.717, 1.165) is 6.42 Å². The van der Waals surface area contributed by atoms with Gasteiger partial charge in [-0.3, -0.25) is 14.9 Å². The summed E-state index contributed by atoms with van der Waals surface area (Å²) >= 11 is 0. The van der Waals surface area contributed by atoms with Crippen molar-refractivity contribution < 1.29 is 23.7 Å². The molecule has 0 N–H and O–H groups in total. The summed E-state index contributed by atoms with van der Waals surface area (Å²) < 4.78 is 9.96. The number of hydrogen-bond donors (Lipinski definition) is 0. The van der Waals surface area contributed by atoms with Gasteiger partial charge >= 0.3 is 17.3 Å². The Morgan fingerprint density at radius 2 is 1.96 bits per heavy atom. The summed E-state index contributed by atoms with van der Waals surface area (Å²) in [4.78, 5) is 48.7. The summed E-state index contributed by atoms with van der Waals surface area (Å²) in [5.41, 5.74) is -2.07. The average Bonchev–Trinajstić information content (AvgIpc) is 2.63. The van der Waals surface area contributed by atoms with Crippen molar-refractivity contribution in [1.82, 2.24) is 4.90 Å². The number of rotatable bonds is 4. The number of esters is 1. The van der Waals surface area contributed by atoms with E-state index in [2.05, 4.69) is 13.8 Å². The van der Waals surface area contributed by atoms with E-state index in [4.69, 9.17) is 9.15 Å². The molecule has 9 heteroatoms. The maximum absolute atomic E-state index is 12.3. The summed E-state index contributed by atoms with van der Waals surface area (Å²) in [5, 5.41) is 11.2. The molecule has 2 heterocycles. The zero-order chi connectivity index (χ0) is 20.4. The Hall–Kier alpha value is -3.23. The van der Waals surface area contributed by atoms with E-state index in [1.54, 1.807) is 4.90 Å². The standard InChI is InChI=1S/C19H20N2O7/c1-11-6-12(2)9-20(8-11)16(22)10-27-18(23)14-7-13-4-3-5-15(21(25)26)17(13)28-19(14)24/h3-5,7,11-12H,6,8-10H2,1-2H3/t11-,12+. The van der Waals surface area contributed by atoms with Crippen LogP contribution in [0.1, 0.15) is 30.6 Å². The van der Waals surface area contributed by atoms with Crippen LogP contribution in [0.5, 0.6) is 0 Å². The van der Waals surface area contributed by atoms with Gasteiger partial charge in [0.1, 0.15) is 5.56 Å². The highest BCUT2D eigenvalue weighted by molar-refractivity contribution is 5.95. The lowest BCUT2D eigenvalue weighted by atomic mass is 9.92. The van der Waals surface area contributed by atoms with Gasteiger partial charge in [-0.25, -0.2) is 9.59 Å². The van der Waals surface area contributed by atoms with E-state index >= 15 is 0 Å². The summed E-state index contributed by atoms with van der Waals surface area (Å²) in [5.74, 6) is -0.598. The minimum atomic E-state index is -1.06. The smallest absolute Gasteiger partial charge is 0.351 e. The van der Waals surface area contributed by atoms with Crippen molar-refractivity contribution in [2.75, 3.05) is 19.7 Å². The maximum atomic E-state index is 12.3. The monoisotopic (exact) mass is 388 g/mol. The number of carbonyl (C=O) groups is 2. The van der Waals surface area contributed by atoms with Crippen LogP contribution in [0.4, 0.5) is 5.69 Å². The minimum absolute atomic E-state index is 0.214. The minimum Gasteiger partial charge on any atom is -0.452 e. The molecule has 1 aliphatic rings. The molecule has 0 aliphatic carbocycles. The number of amides is 1. The van der Waals surface area contributed by atoms with E-state index < -0.39 is 28.7 Å². The van der Waals surface area contributed by atoms with Crippen LogP contribution in [0, 0.1) is 22.0 Å². The van der Waals surface area contributed by atoms with Gasteiger partial charge < -0.3 is 14.1 Å². The third-order valence-electron chi connectivity index (χ3n) is 4.70. The van der Waals surface area contributed by atoms with Crippen molar-refractivity contribution >= 4 is 28.5 Å². The van der Waals surface area contributed by atoms with Gasteiger partial charge in [-0.2, -0.15) is 0 Å². The van der Waals surface area contributed by atoms with Crippen LogP contribution >= 0.6 is 0 Å². The Morgan fingerprint density at radius 3 is 2.61 bits per heavy atom. The SMILES string of the molecule is C[C@@H]1C[C@H](C)CN(C(=O)COC(=O)c2cc3cccc([N+](=O)[O-])c3oc2=O)C1. The second kappa shape index (κ2) is 7.79. The quantitative estimate of drug-likeness (QED) is 0.341. The van der Waals surface area contributed by atoms with Gasteiger partial charge in [-0.05, 0) is 24.3 Å². The lowest BCUT2D eigenvalue weighted by molar-refractivity contribution is -0.383. The molecule has 0 spiro atoms. The number of non-ortho nitro benzene ring substituents is 1. The molecule has 1 aliphatic heterocycles. The highest BCUT2D eigenvalue weighted by atomic mass is 16.6. The topological polar surface area (TPSA) is 120 Å². The number of nitro groups is 1. The van der Waals surface area contributed by atoms with E-state index in [-0.39, 0.29) is 22.6 Å². The lowest BCUT2D eigenvalue weighted by Crippen LogP contribution is -2.44. The maximum Gasteiger partial charge on any atom is 0.351 e. The molecular weight excluding hydrogens is 368 g/mol. The molecule has 3 rings (SSSR count). The molecule has 2 aromatic rings. The van der Waals surface area contributed by atoms with E-state index in [1.807, 2.05) is 0 Å². The average molecular weight is 388 g/mol. The first-order chi connectivity index (χ1) is 13.3. The van der Waals surface area contributed by atoms with Crippen molar-refractivity contribution in [2.24, 2.45) is 11.8 Å². The Balaban J connectivity index is 1.75. The molecule has 9 nitrogen and oxygen atoms in total. The van der Waals surface area contributed by atoms with Crippen LogP contribution in [0.3, 0.4) is 0 Å². The molecule has 0 bridgehead atoms. The number of ether oxygens (including phenoxy) is 1. The Bertz CT molecular complexity index is 987. The molecule has 1 aromatic carbocycles. The zero-order valence-electron chi connectivity index (χ0n) is 15.5. The first-order valence-electron chi connectivity index (χ1n) is 8.92. The number of carbonyl (C=O) groups excluding carboxylic acids is 2. The molecule has 0 radical (unpaired) electrons. The van der Waals surface area contributed by atoms with Gasteiger partial charge in [0.05, 0.1) is 4.92 Å². The van der Waals surface area contributed by atoms with E-state index in [1.165, 1.54) is 24.3 Å². The molecule has 1 amide bonds. The zero-order valence-corrected chi connectivity index (χ0v) is 15.5. The molecule has 148 valence electrons. The number of fused-ring (bicyclic) bond motifs is 1. The number of benzene rings is 1. The van der Waals surface area contributed by atoms with Crippen LogP contribution in [0.2, 0.25) is 0 Å². The molecule has 0 saturated carbocycles. The fourth-order valence-corrected chi connectivity index (χ4v) is 3.58. The molecule has 1 fully saturated rings.